The molecule has 3 N–H and O–H groups in total. The van der Waals surface area contributed by atoms with Crippen molar-refractivity contribution < 1.29 is 14.3 Å². The largest absolute Gasteiger partial charge is 0.481 e. The standard InChI is InChI=1S/C11H20N4O3/c1-15-10(18-3)6-9(14-15)11(16)13-8(7-12)4-5-17-2/h6,8H,4-5,7,12H2,1-3H3,(H,13,16). The van der Waals surface area contributed by atoms with Gasteiger partial charge in [-0.3, -0.25) is 4.79 Å². The van der Waals surface area contributed by atoms with Crippen LogP contribution in [0.15, 0.2) is 6.07 Å². The zero-order valence-corrected chi connectivity index (χ0v) is 11.0. The number of rotatable bonds is 7. The summed E-state index contributed by atoms with van der Waals surface area (Å²) >= 11 is 0. The van der Waals surface area contributed by atoms with Gasteiger partial charge in [0.1, 0.15) is 0 Å². The van der Waals surface area contributed by atoms with E-state index in [9.17, 15) is 4.79 Å². The Labute approximate surface area is 106 Å². The van der Waals surface area contributed by atoms with Gasteiger partial charge in [0.2, 0.25) is 5.88 Å². The second kappa shape index (κ2) is 6.97. The summed E-state index contributed by atoms with van der Waals surface area (Å²) in [5.74, 6) is 0.266. The van der Waals surface area contributed by atoms with E-state index in [0.717, 1.165) is 0 Å². The minimum Gasteiger partial charge on any atom is -0.481 e. The van der Waals surface area contributed by atoms with E-state index in [0.29, 0.717) is 31.1 Å². The Hall–Kier alpha value is -1.60. The molecule has 102 valence electrons. The maximum atomic E-state index is 11.9. The van der Waals surface area contributed by atoms with Gasteiger partial charge in [0.05, 0.1) is 7.11 Å². The number of amides is 1. The monoisotopic (exact) mass is 256 g/mol. The Kier molecular flexibility index (Phi) is 5.60. The molecule has 1 aromatic rings. The van der Waals surface area contributed by atoms with E-state index < -0.39 is 0 Å². The second-order valence-electron chi connectivity index (χ2n) is 3.88. The second-order valence-corrected chi connectivity index (χ2v) is 3.88. The van der Waals surface area contributed by atoms with Gasteiger partial charge in [-0.05, 0) is 6.42 Å². The summed E-state index contributed by atoms with van der Waals surface area (Å²) in [5, 5.41) is 6.86. The molecule has 0 saturated heterocycles. The van der Waals surface area contributed by atoms with Crippen LogP contribution in [0.25, 0.3) is 0 Å². The van der Waals surface area contributed by atoms with Crippen LogP contribution in [0.4, 0.5) is 0 Å². The van der Waals surface area contributed by atoms with Gasteiger partial charge < -0.3 is 20.5 Å². The molecule has 18 heavy (non-hydrogen) atoms. The number of ether oxygens (including phenoxy) is 2. The van der Waals surface area contributed by atoms with Gasteiger partial charge in [-0.1, -0.05) is 0 Å². The third kappa shape index (κ3) is 3.71. The van der Waals surface area contributed by atoms with Crippen molar-refractivity contribution >= 4 is 5.91 Å². The van der Waals surface area contributed by atoms with E-state index in [2.05, 4.69) is 10.4 Å². The molecular formula is C11H20N4O3. The van der Waals surface area contributed by atoms with Crippen molar-refractivity contribution in [1.82, 2.24) is 15.1 Å². The normalized spacial score (nSPS) is 12.2. The summed E-state index contributed by atoms with van der Waals surface area (Å²) < 4.78 is 11.5. The molecule has 1 atom stereocenters. The number of hydrogen-bond donors (Lipinski definition) is 2. The van der Waals surface area contributed by atoms with Crippen molar-refractivity contribution in [2.45, 2.75) is 12.5 Å². The maximum absolute atomic E-state index is 11.9. The summed E-state index contributed by atoms with van der Waals surface area (Å²) in [7, 11) is 4.85. The molecule has 0 bridgehead atoms. The van der Waals surface area contributed by atoms with E-state index in [4.69, 9.17) is 15.2 Å². The third-order valence-corrected chi connectivity index (χ3v) is 2.57. The van der Waals surface area contributed by atoms with Crippen LogP contribution in [0.3, 0.4) is 0 Å². The predicted octanol–water partition coefficient (Wildman–Crippen LogP) is -0.478. The Bertz CT molecular complexity index is 392. The average Bonchev–Trinajstić information content (AvgIpc) is 2.75. The molecule has 0 saturated carbocycles. The molecule has 0 fully saturated rings. The average molecular weight is 256 g/mol. The predicted molar refractivity (Wildman–Crippen MR) is 66.6 cm³/mol. The van der Waals surface area contributed by atoms with Gasteiger partial charge >= 0.3 is 0 Å². The topological polar surface area (TPSA) is 91.4 Å². The third-order valence-electron chi connectivity index (χ3n) is 2.57. The first kappa shape index (κ1) is 14.5. The van der Waals surface area contributed by atoms with Gasteiger partial charge in [-0.25, -0.2) is 4.68 Å². The maximum Gasteiger partial charge on any atom is 0.272 e. The fraction of sp³-hybridized carbons (Fsp3) is 0.636. The summed E-state index contributed by atoms with van der Waals surface area (Å²) in [6, 6.07) is 1.46. The van der Waals surface area contributed by atoms with Crippen LogP contribution in [0.5, 0.6) is 5.88 Å². The minimum absolute atomic E-state index is 0.120. The summed E-state index contributed by atoms with van der Waals surface area (Å²) in [4.78, 5) is 11.9. The molecule has 0 aliphatic carbocycles. The number of carbonyl (C=O) groups excluding carboxylic acids is 1. The lowest BCUT2D eigenvalue weighted by Gasteiger charge is -2.15. The van der Waals surface area contributed by atoms with Crippen LogP contribution in [0, 0.1) is 0 Å². The van der Waals surface area contributed by atoms with Crippen LogP contribution >= 0.6 is 0 Å². The highest BCUT2D eigenvalue weighted by Gasteiger charge is 2.16. The number of hydrogen-bond acceptors (Lipinski definition) is 5. The molecule has 7 heteroatoms. The first-order chi connectivity index (χ1) is 8.62. The Morgan fingerprint density at radius 1 is 1.61 bits per heavy atom. The van der Waals surface area contributed by atoms with Gasteiger partial charge in [-0.15, -0.1) is 0 Å². The van der Waals surface area contributed by atoms with Gasteiger partial charge in [0.25, 0.3) is 5.91 Å². The summed E-state index contributed by atoms with van der Waals surface area (Å²) in [6.45, 7) is 0.909. The zero-order valence-electron chi connectivity index (χ0n) is 11.0. The number of aromatic nitrogens is 2. The molecule has 0 radical (unpaired) electrons. The molecule has 1 aromatic heterocycles. The molecule has 1 heterocycles. The number of nitrogens with zero attached hydrogens (tertiary/aromatic N) is 2. The van der Waals surface area contributed by atoms with Crippen LogP contribution in [0.1, 0.15) is 16.9 Å². The number of carbonyl (C=O) groups is 1. The minimum atomic E-state index is -0.263. The number of methoxy groups -OCH3 is 2. The van der Waals surface area contributed by atoms with Gasteiger partial charge in [0, 0.05) is 39.4 Å². The van der Waals surface area contributed by atoms with Crippen molar-refractivity contribution in [3.63, 3.8) is 0 Å². The highest BCUT2D eigenvalue weighted by Crippen LogP contribution is 2.11. The zero-order chi connectivity index (χ0) is 13.5. The summed E-state index contributed by atoms with van der Waals surface area (Å²) in [6.07, 6.45) is 0.669. The fourth-order valence-electron chi connectivity index (χ4n) is 1.52. The van der Waals surface area contributed by atoms with Crippen molar-refractivity contribution in [2.75, 3.05) is 27.4 Å². The van der Waals surface area contributed by atoms with Crippen LogP contribution in [-0.4, -0.2) is 49.1 Å². The first-order valence-electron chi connectivity index (χ1n) is 5.70. The fourth-order valence-corrected chi connectivity index (χ4v) is 1.52. The van der Waals surface area contributed by atoms with Crippen molar-refractivity contribution in [3.8, 4) is 5.88 Å². The van der Waals surface area contributed by atoms with E-state index in [1.807, 2.05) is 0 Å². The molecule has 0 aromatic carbocycles. The number of nitrogens with one attached hydrogen (secondary N) is 1. The Balaban J connectivity index is 2.62. The highest BCUT2D eigenvalue weighted by atomic mass is 16.5. The lowest BCUT2D eigenvalue weighted by atomic mass is 10.2. The summed E-state index contributed by atoms with van der Waals surface area (Å²) in [5.41, 5.74) is 5.89. The van der Waals surface area contributed by atoms with E-state index in [1.54, 1.807) is 20.2 Å². The van der Waals surface area contributed by atoms with Crippen LogP contribution < -0.4 is 15.8 Å². The molecule has 1 unspecified atom stereocenters. The van der Waals surface area contributed by atoms with Crippen molar-refractivity contribution in [3.05, 3.63) is 11.8 Å². The van der Waals surface area contributed by atoms with Crippen molar-refractivity contribution in [2.24, 2.45) is 12.8 Å². The van der Waals surface area contributed by atoms with E-state index in [1.165, 1.54) is 11.8 Å². The van der Waals surface area contributed by atoms with Crippen LogP contribution in [-0.2, 0) is 11.8 Å². The SMILES string of the molecule is COCCC(CN)NC(=O)c1cc(OC)n(C)n1. The van der Waals surface area contributed by atoms with Gasteiger partial charge in [0.15, 0.2) is 5.69 Å². The number of aryl methyl sites for hydroxylation is 1. The number of nitrogens with two attached hydrogens (primary N) is 1. The molecule has 0 aliphatic heterocycles. The first-order valence-corrected chi connectivity index (χ1v) is 5.70. The van der Waals surface area contributed by atoms with Gasteiger partial charge in [-0.2, -0.15) is 5.10 Å². The van der Waals surface area contributed by atoms with Crippen molar-refractivity contribution in [1.29, 1.82) is 0 Å². The Morgan fingerprint density at radius 3 is 2.83 bits per heavy atom. The van der Waals surface area contributed by atoms with Crippen LogP contribution in [0.2, 0.25) is 0 Å². The molecule has 0 spiro atoms. The lowest BCUT2D eigenvalue weighted by molar-refractivity contribution is 0.0921. The Morgan fingerprint density at radius 2 is 2.33 bits per heavy atom. The molecule has 1 amide bonds. The highest BCUT2D eigenvalue weighted by molar-refractivity contribution is 5.92. The molecular weight excluding hydrogens is 236 g/mol. The lowest BCUT2D eigenvalue weighted by Crippen LogP contribution is -2.41. The molecule has 7 nitrogen and oxygen atoms in total. The quantitative estimate of drug-likeness (QED) is 0.687. The van der Waals surface area contributed by atoms with E-state index >= 15 is 0 Å². The molecule has 0 aliphatic rings. The molecule has 1 rings (SSSR count). The smallest absolute Gasteiger partial charge is 0.272 e. The van der Waals surface area contributed by atoms with E-state index in [-0.39, 0.29) is 11.9 Å².